The number of hydrogen-bond donors (Lipinski definition) is 0. The quantitative estimate of drug-likeness (QED) is 0.703. The van der Waals surface area contributed by atoms with Gasteiger partial charge in [0.25, 0.3) is 0 Å². The topological polar surface area (TPSA) is 37.4 Å². The van der Waals surface area contributed by atoms with Crippen LogP contribution in [0.25, 0.3) is 0 Å². The van der Waals surface area contributed by atoms with E-state index in [0.29, 0.717) is 4.47 Å². The maximum Gasteiger partial charge on any atom is 0.246 e. The Morgan fingerprint density at radius 1 is 1.38 bits per heavy atom. The third kappa shape index (κ3) is 3.97. The molecule has 0 radical (unpaired) electrons. The summed E-state index contributed by atoms with van der Waals surface area (Å²) in [5, 5.41) is 0. The van der Waals surface area contributed by atoms with Crippen LogP contribution in [0.1, 0.15) is 33.3 Å². The summed E-state index contributed by atoms with van der Waals surface area (Å²) in [7, 11) is -2.47. The second-order valence-corrected chi connectivity index (χ2v) is 9.22. The maximum atomic E-state index is 14.4. The molecule has 0 saturated carbocycles. The molecule has 0 saturated heterocycles. The number of nitrogens with zero attached hydrogens (tertiary/aromatic N) is 1. The first kappa shape index (κ1) is 18.9. The lowest BCUT2D eigenvalue weighted by molar-refractivity contribution is 0.216. The second-order valence-electron chi connectivity index (χ2n) is 6.07. The third-order valence-electron chi connectivity index (χ3n) is 3.68. The maximum absolute atomic E-state index is 14.4. The van der Waals surface area contributed by atoms with Gasteiger partial charge in [-0.25, -0.2) is 12.8 Å². The van der Waals surface area contributed by atoms with Crippen LogP contribution in [0.4, 0.5) is 4.39 Å². The van der Waals surface area contributed by atoms with E-state index in [4.69, 9.17) is 11.6 Å². The van der Waals surface area contributed by atoms with Crippen LogP contribution < -0.4 is 0 Å². The number of halogens is 3. The van der Waals surface area contributed by atoms with Gasteiger partial charge in [0.05, 0.1) is 5.88 Å². The fraction of sp³-hybridized carbons (Fsp3) is 0.571. The van der Waals surface area contributed by atoms with E-state index in [9.17, 15) is 12.8 Å². The van der Waals surface area contributed by atoms with Gasteiger partial charge in [0.1, 0.15) is 10.7 Å². The Kier molecular flexibility index (Phi) is 5.86. The Bertz CT molecular complexity index is 629. The molecule has 21 heavy (non-hydrogen) atoms. The van der Waals surface area contributed by atoms with E-state index in [1.807, 2.05) is 20.8 Å². The molecule has 1 unspecified atom stereocenters. The van der Waals surface area contributed by atoms with Crippen molar-refractivity contribution in [2.75, 3.05) is 7.05 Å². The summed E-state index contributed by atoms with van der Waals surface area (Å²) in [6.45, 7) is 7.61. The van der Waals surface area contributed by atoms with Crippen LogP contribution >= 0.6 is 27.5 Å². The zero-order valence-electron chi connectivity index (χ0n) is 12.7. The fourth-order valence-electron chi connectivity index (χ4n) is 1.81. The highest BCUT2D eigenvalue weighted by Crippen LogP contribution is 2.31. The smallest absolute Gasteiger partial charge is 0.207 e. The molecule has 0 aliphatic rings. The van der Waals surface area contributed by atoms with Crippen LogP contribution in [0.3, 0.4) is 0 Å². The summed E-state index contributed by atoms with van der Waals surface area (Å²) in [5.74, 6) is -0.882. The van der Waals surface area contributed by atoms with Gasteiger partial charge in [0.2, 0.25) is 10.0 Å². The highest BCUT2D eigenvalue weighted by atomic mass is 79.9. The first-order valence-corrected chi connectivity index (χ1v) is 9.21. The average Bonchev–Trinajstić information content (AvgIpc) is 2.37. The molecular formula is C14H20BrClFNO2S. The third-order valence-corrected chi connectivity index (χ3v) is 6.35. The molecule has 120 valence electrons. The lowest BCUT2D eigenvalue weighted by Crippen LogP contribution is -2.43. The predicted molar refractivity (Wildman–Crippen MR) is 87.5 cm³/mol. The number of rotatable bonds is 4. The molecule has 0 N–H and O–H groups in total. The zero-order chi connectivity index (χ0) is 16.6. The van der Waals surface area contributed by atoms with Crippen molar-refractivity contribution < 1.29 is 12.8 Å². The average molecular weight is 401 g/mol. The molecule has 0 aromatic heterocycles. The minimum atomic E-state index is -3.94. The molecule has 3 nitrogen and oxygen atoms in total. The molecule has 0 heterocycles. The van der Waals surface area contributed by atoms with E-state index in [2.05, 4.69) is 15.9 Å². The van der Waals surface area contributed by atoms with Gasteiger partial charge in [0.15, 0.2) is 0 Å². The van der Waals surface area contributed by atoms with Crippen LogP contribution in [0, 0.1) is 11.2 Å². The highest BCUT2D eigenvalue weighted by molar-refractivity contribution is 9.10. The van der Waals surface area contributed by atoms with Crippen molar-refractivity contribution in [3.63, 3.8) is 0 Å². The fourth-order valence-corrected chi connectivity index (χ4v) is 4.34. The van der Waals surface area contributed by atoms with Crippen LogP contribution in [0.2, 0.25) is 0 Å². The van der Waals surface area contributed by atoms with Crippen molar-refractivity contribution in [1.82, 2.24) is 4.31 Å². The van der Waals surface area contributed by atoms with Gasteiger partial charge >= 0.3 is 0 Å². The first-order valence-electron chi connectivity index (χ1n) is 6.44. The number of hydrogen-bond acceptors (Lipinski definition) is 2. The van der Waals surface area contributed by atoms with Crippen molar-refractivity contribution in [2.24, 2.45) is 5.41 Å². The van der Waals surface area contributed by atoms with Crippen molar-refractivity contribution in [2.45, 2.75) is 44.5 Å². The Labute approximate surface area is 139 Å². The summed E-state index contributed by atoms with van der Waals surface area (Å²) in [5.41, 5.74) is -0.110. The van der Waals surface area contributed by atoms with Crippen LogP contribution in [-0.2, 0) is 15.9 Å². The lowest BCUT2D eigenvalue weighted by Gasteiger charge is -2.34. The molecule has 1 aromatic carbocycles. The minimum Gasteiger partial charge on any atom is -0.207 e. The second kappa shape index (κ2) is 6.52. The number of benzene rings is 1. The normalized spacial score (nSPS) is 14.5. The molecule has 0 aliphatic heterocycles. The van der Waals surface area contributed by atoms with Crippen molar-refractivity contribution in [3.05, 3.63) is 28.0 Å². The summed E-state index contributed by atoms with van der Waals surface area (Å²) >= 11 is 8.87. The molecule has 0 bridgehead atoms. The van der Waals surface area contributed by atoms with E-state index >= 15 is 0 Å². The summed E-state index contributed by atoms with van der Waals surface area (Å²) in [6, 6.07) is 2.46. The summed E-state index contributed by atoms with van der Waals surface area (Å²) in [4.78, 5) is -0.355. The predicted octanol–water partition coefficient (Wildman–Crippen LogP) is 4.38. The standard InChI is InChI=1S/C14H20BrClFNO2S/c1-9(14(2,3)4)18(5)21(19,20)12-7-11(15)6-10(8-16)13(12)17/h6-7,9H,8H2,1-5H3. The van der Waals surface area contributed by atoms with Crippen LogP contribution in [0.5, 0.6) is 0 Å². The van der Waals surface area contributed by atoms with Gasteiger partial charge in [0, 0.05) is 23.1 Å². The molecule has 0 spiro atoms. The summed E-state index contributed by atoms with van der Waals surface area (Å²) in [6.07, 6.45) is 0. The SMILES string of the molecule is CC(N(C)S(=O)(=O)c1cc(Br)cc(CCl)c1F)C(C)(C)C. The van der Waals surface area contributed by atoms with E-state index in [-0.39, 0.29) is 27.8 Å². The van der Waals surface area contributed by atoms with E-state index in [0.717, 1.165) is 0 Å². The van der Waals surface area contributed by atoms with Gasteiger partial charge in [-0.2, -0.15) is 4.31 Å². The molecule has 0 fully saturated rings. The molecule has 7 heteroatoms. The van der Waals surface area contributed by atoms with Gasteiger partial charge in [-0.1, -0.05) is 36.7 Å². The van der Waals surface area contributed by atoms with E-state index < -0.39 is 15.8 Å². The van der Waals surface area contributed by atoms with Crippen molar-refractivity contribution in [1.29, 1.82) is 0 Å². The van der Waals surface area contributed by atoms with Gasteiger partial charge < -0.3 is 0 Å². The van der Waals surface area contributed by atoms with Gasteiger partial charge in [-0.15, -0.1) is 11.6 Å². The van der Waals surface area contributed by atoms with Crippen molar-refractivity contribution >= 4 is 37.6 Å². The molecule has 1 aromatic rings. The molecule has 1 rings (SSSR count). The highest BCUT2D eigenvalue weighted by Gasteiger charge is 2.34. The monoisotopic (exact) mass is 399 g/mol. The Morgan fingerprint density at radius 2 is 1.90 bits per heavy atom. The Balaban J connectivity index is 3.42. The summed E-state index contributed by atoms with van der Waals surface area (Å²) < 4.78 is 41.4. The number of sulfonamides is 1. The number of alkyl halides is 1. The largest absolute Gasteiger partial charge is 0.246 e. The Hall–Kier alpha value is -0.170. The molecule has 1 atom stereocenters. The van der Waals surface area contributed by atoms with Gasteiger partial charge in [-0.3, -0.25) is 0 Å². The van der Waals surface area contributed by atoms with E-state index in [1.165, 1.54) is 23.5 Å². The van der Waals surface area contributed by atoms with Crippen LogP contribution in [0.15, 0.2) is 21.5 Å². The Morgan fingerprint density at radius 3 is 2.33 bits per heavy atom. The molecule has 0 aliphatic carbocycles. The van der Waals surface area contributed by atoms with Crippen LogP contribution in [-0.4, -0.2) is 25.8 Å². The lowest BCUT2D eigenvalue weighted by atomic mass is 9.88. The molecular weight excluding hydrogens is 381 g/mol. The van der Waals surface area contributed by atoms with Gasteiger partial charge in [-0.05, 0) is 24.5 Å². The zero-order valence-corrected chi connectivity index (χ0v) is 15.9. The minimum absolute atomic E-state index is 0.0909. The first-order chi connectivity index (χ1) is 9.42. The van der Waals surface area contributed by atoms with E-state index in [1.54, 1.807) is 6.92 Å². The van der Waals surface area contributed by atoms with Crippen molar-refractivity contribution in [3.8, 4) is 0 Å². The molecule has 0 amide bonds.